The molecule has 3 rings (SSSR count). The first-order valence-corrected chi connectivity index (χ1v) is 8.59. The molecule has 116 valence electrons. The zero-order chi connectivity index (χ0) is 13.8. The Hall–Kier alpha value is -0.160. The Morgan fingerprint density at radius 3 is 2.70 bits per heavy atom. The summed E-state index contributed by atoms with van der Waals surface area (Å²) in [5.74, 6) is 0. The highest BCUT2D eigenvalue weighted by Crippen LogP contribution is 2.28. The van der Waals surface area contributed by atoms with E-state index < -0.39 is 0 Å². The normalized spacial score (nSPS) is 33.5. The molecule has 3 saturated heterocycles. The zero-order valence-electron chi connectivity index (χ0n) is 13.0. The van der Waals surface area contributed by atoms with Gasteiger partial charge in [0, 0.05) is 31.8 Å². The third-order valence-corrected chi connectivity index (χ3v) is 5.49. The molecule has 2 atom stereocenters. The molecule has 0 amide bonds. The van der Waals surface area contributed by atoms with Crippen molar-refractivity contribution in [2.24, 2.45) is 0 Å². The quantitative estimate of drug-likeness (QED) is 0.769. The Kier molecular flexibility index (Phi) is 5.32. The van der Waals surface area contributed by atoms with Gasteiger partial charge >= 0.3 is 0 Å². The molecule has 0 aromatic carbocycles. The Morgan fingerprint density at radius 2 is 1.85 bits per heavy atom. The lowest BCUT2D eigenvalue weighted by Crippen LogP contribution is -2.37. The molecule has 3 aliphatic heterocycles. The van der Waals surface area contributed by atoms with Crippen LogP contribution < -0.4 is 5.32 Å². The lowest BCUT2D eigenvalue weighted by atomic mass is 10.1. The molecule has 1 N–H and O–H groups in total. The number of ether oxygens (including phenoxy) is 1. The van der Waals surface area contributed by atoms with Gasteiger partial charge in [0.1, 0.15) is 0 Å². The summed E-state index contributed by atoms with van der Waals surface area (Å²) >= 11 is 0. The van der Waals surface area contributed by atoms with Crippen molar-refractivity contribution in [2.45, 2.75) is 56.7 Å². The minimum atomic E-state index is 0.516. The molecule has 3 aliphatic rings. The highest BCUT2D eigenvalue weighted by molar-refractivity contribution is 4.90. The molecule has 2 bridgehead atoms. The summed E-state index contributed by atoms with van der Waals surface area (Å²) in [7, 11) is 2.33. The van der Waals surface area contributed by atoms with E-state index in [1.54, 1.807) is 0 Å². The molecular weight excluding hydrogens is 250 g/mol. The number of likely N-dealkylation sites (N-methyl/N-ethyl adjacent to an activating group) is 1. The van der Waals surface area contributed by atoms with Gasteiger partial charge in [0.15, 0.2) is 0 Å². The van der Waals surface area contributed by atoms with Crippen molar-refractivity contribution in [1.82, 2.24) is 15.1 Å². The molecule has 4 nitrogen and oxygen atoms in total. The summed E-state index contributed by atoms with van der Waals surface area (Å²) < 4.78 is 6.01. The van der Waals surface area contributed by atoms with Crippen LogP contribution >= 0.6 is 0 Å². The Bertz CT molecular complexity index is 293. The number of hydrogen-bond donors (Lipinski definition) is 1. The molecule has 4 heteroatoms. The smallest absolute Gasteiger partial charge is 0.0599 e. The van der Waals surface area contributed by atoms with Crippen LogP contribution in [0.1, 0.15) is 38.5 Å². The summed E-state index contributed by atoms with van der Waals surface area (Å²) in [4.78, 5) is 5.30. The molecular formula is C16H31N3O. The lowest BCUT2D eigenvalue weighted by Gasteiger charge is -2.26. The van der Waals surface area contributed by atoms with Crippen LogP contribution in [0.15, 0.2) is 0 Å². The second-order valence-corrected chi connectivity index (χ2v) is 6.81. The number of nitrogens with one attached hydrogen (secondary N) is 1. The van der Waals surface area contributed by atoms with Crippen molar-refractivity contribution in [2.75, 3.05) is 46.4 Å². The summed E-state index contributed by atoms with van der Waals surface area (Å²) in [6, 6.07) is 1.67. The van der Waals surface area contributed by atoms with Gasteiger partial charge < -0.3 is 15.0 Å². The summed E-state index contributed by atoms with van der Waals surface area (Å²) in [6.07, 6.45) is 8.29. The maximum absolute atomic E-state index is 6.01. The third kappa shape index (κ3) is 3.73. The molecule has 3 heterocycles. The van der Waals surface area contributed by atoms with E-state index in [2.05, 4.69) is 22.2 Å². The van der Waals surface area contributed by atoms with Gasteiger partial charge in [-0.3, -0.25) is 4.90 Å². The lowest BCUT2D eigenvalue weighted by molar-refractivity contribution is 0.0274. The number of rotatable bonds is 5. The van der Waals surface area contributed by atoms with Crippen molar-refractivity contribution in [3.05, 3.63) is 0 Å². The first-order valence-electron chi connectivity index (χ1n) is 8.59. The van der Waals surface area contributed by atoms with E-state index in [9.17, 15) is 0 Å². The van der Waals surface area contributed by atoms with Crippen LogP contribution in [0.2, 0.25) is 0 Å². The zero-order valence-corrected chi connectivity index (χ0v) is 13.0. The van der Waals surface area contributed by atoms with Gasteiger partial charge in [-0.1, -0.05) is 0 Å². The van der Waals surface area contributed by atoms with Crippen molar-refractivity contribution >= 4 is 0 Å². The predicted octanol–water partition coefficient (Wildman–Crippen LogP) is 1.31. The van der Waals surface area contributed by atoms with Crippen LogP contribution in [-0.2, 0) is 4.74 Å². The number of piperidine rings is 1. The number of fused-ring (bicyclic) bond motifs is 2. The minimum Gasteiger partial charge on any atom is -0.378 e. The first kappa shape index (κ1) is 14.8. The van der Waals surface area contributed by atoms with Gasteiger partial charge in [-0.2, -0.15) is 0 Å². The van der Waals surface area contributed by atoms with E-state index in [0.717, 1.165) is 31.8 Å². The number of likely N-dealkylation sites (tertiary alicyclic amines) is 1. The maximum atomic E-state index is 6.01. The largest absolute Gasteiger partial charge is 0.378 e. The Labute approximate surface area is 123 Å². The summed E-state index contributed by atoms with van der Waals surface area (Å²) in [6.45, 7) is 7.00. The van der Waals surface area contributed by atoms with Crippen molar-refractivity contribution in [3.63, 3.8) is 0 Å². The van der Waals surface area contributed by atoms with Crippen LogP contribution in [0.5, 0.6) is 0 Å². The van der Waals surface area contributed by atoms with Crippen LogP contribution in [0.3, 0.4) is 0 Å². The van der Waals surface area contributed by atoms with E-state index in [1.807, 2.05) is 0 Å². The van der Waals surface area contributed by atoms with Crippen LogP contribution in [0, 0.1) is 0 Å². The average Bonchev–Trinajstić information content (AvgIpc) is 2.72. The SMILES string of the molecule is CN1C2CCC1CN(CCCOC1CCNCC1)CC2. The fourth-order valence-electron chi connectivity index (χ4n) is 4.08. The van der Waals surface area contributed by atoms with E-state index in [1.165, 1.54) is 58.2 Å². The van der Waals surface area contributed by atoms with E-state index in [0.29, 0.717) is 6.10 Å². The van der Waals surface area contributed by atoms with E-state index in [4.69, 9.17) is 4.74 Å². The van der Waals surface area contributed by atoms with Gasteiger partial charge in [0.25, 0.3) is 0 Å². The molecule has 2 unspecified atom stereocenters. The fourth-order valence-corrected chi connectivity index (χ4v) is 4.08. The monoisotopic (exact) mass is 281 g/mol. The maximum Gasteiger partial charge on any atom is 0.0599 e. The minimum absolute atomic E-state index is 0.516. The molecule has 0 radical (unpaired) electrons. The van der Waals surface area contributed by atoms with Gasteiger partial charge in [-0.25, -0.2) is 0 Å². The second-order valence-electron chi connectivity index (χ2n) is 6.81. The Balaban J connectivity index is 1.32. The van der Waals surface area contributed by atoms with Gasteiger partial charge in [-0.15, -0.1) is 0 Å². The average molecular weight is 281 g/mol. The van der Waals surface area contributed by atoms with Crippen molar-refractivity contribution < 1.29 is 4.74 Å². The predicted molar refractivity (Wildman–Crippen MR) is 82.1 cm³/mol. The topological polar surface area (TPSA) is 27.7 Å². The van der Waals surface area contributed by atoms with Crippen LogP contribution in [0.4, 0.5) is 0 Å². The van der Waals surface area contributed by atoms with Gasteiger partial charge in [0.05, 0.1) is 6.10 Å². The summed E-state index contributed by atoms with van der Waals surface area (Å²) in [5.41, 5.74) is 0. The third-order valence-electron chi connectivity index (χ3n) is 5.49. The standard InChI is InChI=1S/C16H31N3O/c1-18-14-3-4-15(18)13-19(11-7-14)10-2-12-20-16-5-8-17-9-6-16/h14-17H,2-13H2,1H3. The molecule has 0 aromatic rings. The van der Waals surface area contributed by atoms with Crippen molar-refractivity contribution in [1.29, 1.82) is 0 Å². The molecule has 20 heavy (non-hydrogen) atoms. The molecule has 3 fully saturated rings. The molecule has 0 saturated carbocycles. The molecule has 0 aromatic heterocycles. The van der Waals surface area contributed by atoms with Gasteiger partial charge in [-0.05, 0) is 65.2 Å². The highest BCUT2D eigenvalue weighted by Gasteiger charge is 2.34. The van der Waals surface area contributed by atoms with E-state index >= 15 is 0 Å². The van der Waals surface area contributed by atoms with Gasteiger partial charge in [0.2, 0.25) is 0 Å². The highest BCUT2D eigenvalue weighted by atomic mass is 16.5. The molecule has 0 spiro atoms. The summed E-state index contributed by atoms with van der Waals surface area (Å²) in [5, 5.41) is 3.39. The fraction of sp³-hybridized carbons (Fsp3) is 1.00. The van der Waals surface area contributed by atoms with Crippen LogP contribution in [0.25, 0.3) is 0 Å². The number of nitrogens with zero attached hydrogens (tertiary/aromatic N) is 2. The van der Waals surface area contributed by atoms with Crippen LogP contribution in [-0.4, -0.2) is 74.4 Å². The van der Waals surface area contributed by atoms with Crippen molar-refractivity contribution in [3.8, 4) is 0 Å². The Morgan fingerprint density at radius 1 is 1.05 bits per heavy atom. The van der Waals surface area contributed by atoms with E-state index in [-0.39, 0.29) is 0 Å². The second kappa shape index (κ2) is 7.21. The first-order chi connectivity index (χ1) is 9.83. The molecule has 0 aliphatic carbocycles. The number of hydrogen-bond acceptors (Lipinski definition) is 4.